The summed E-state index contributed by atoms with van der Waals surface area (Å²) in [6.45, 7) is 0. The second kappa shape index (κ2) is 5.34. The Morgan fingerprint density at radius 3 is 2.67 bits per heavy atom. The van der Waals surface area contributed by atoms with Crippen molar-refractivity contribution in [3.63, 3.8) is 0 Å². The first kappa shape index (κ1) is 12.8. The zero-order valence-electron chi connectivity index (χ0n) is 9.28. The molecule has 2 rings (SSSR count). The monoisotopic (exact) mass is 356 g/mol. The van der Waals surface area contributed by atoms with E-state index in [4.69, 9.17) is 5.73 Å². The number of halogens is 2. The van der Waals surface area contributed by atoms with Crippen LogP contribution in [0.5, 0.6) is 0 Å². The molecule has 1 amide bonds. The van der Waals surface area contributed by atoms with Gasteiger partial charge in [0.05, 0.1) is 5.69 Å². The molecular weight excluding hydrogens is 346 g/mol. The molecule has 3 nitrogen and oxygen atoms in total. The summed E-state index contributed by atoms with van der Waals surface area (Å²) in [6.07, 6.45) is 0. The van der Waals surface area contributed by atoms with Gasteiger partial charge in [-0.25, -0.2) is 4.39 Å². The maximum Gasteiger partial charge on any atom is 0.255 e. The van der Waals surface area contributed by atoms with Gasteiger partial charge < -0.3 is 11.1 Å². The second-order valence-electron chi connectivity index (χ2n) is 3.70. The third kappa shape index (κ3) is 2.98. The van der Waals surface area contributed by atoms with Gasteiger partial charge in [0.2, 0.25) is 0 Å². The number of carbonyl (C=O) groups is 1. The lowest BCUT2D eigenvalue weighted by Crippen LogP contribution is -2.13. The predicted molar refractivity (Wildman–Crippen MR) is 77.9 cm³/mol. The molecule has 2 aromatic rings. The Balaban J connectivity index is 2.21. The fourth-order valence-corrected chi connectivity index (χ4v) is 2.00. The van der Waals surface area contributed by atoms with Crippen LogP contribution in [0, 0.1) is 9.39 Å². The van der Waals surface area contributed by atoms with Crippen molar-refractivity contribution >= 4 is 39.9 Å². The molecular formula is C13H10FIN2O. The van der Waals surface area contributed by atoms with Crippen molar-refractivity contribution in [2.45, 2.75) is 0 Å². The summed E-state index contributed by atoms with van der Waals surface area (Å²) in [4.78, 5) is 11.9. The number of anilines is 2. The molecule has 92 valence electrons. The summed E-state index contributed by atoms with van der Waals surface area (Å²) in [5.74, 6) is -0.897. The zero-order chi connectivity index (χ0) is 13.1. The number of benzene rings is 2. The van der Waals surface area contributed by atoms with Gasteiger partial charge in [0.25, 0.3) is 5.91 Å². The lowest BCUT2D eigenvalue weighted by atomic mass is 10.2. The van der Waals surface area contributed by atoms with E-state index >= 15 is 0 Å². The average molecular weight is 356 g/mol. The summed E-state index contributed by atoms with van der Waals surface area (Å²) in [5.41, 5.74) is 6.36. The molecule has 0 spiro atoms. The van der Waals surface area contributed by atoms with E-state index in [1.165, 1.54) is 18.2 Å². The zero-order valence-corrected chi connectivity index (χ0v) is 11.4. The highest BCUT2D eigenvalue weighted by atomic mass is 127. The molecule has 0 aliphatic heterocycles. The van der Waals surface area contributed by atoms with Gasteiger partial charge in [-0.2, -0.15) is 0 Å². The number of nitrogens with one attached hydrogen (secondary N) is 1. The molecule has 0 aromatic heterocycles. The molecule has 2 aromatic carbocycles. The van der Waals surface area contributed by atoms with Crippen LogP contribution < -0.4 is 11.1 Å². The van der Waals surface area contributed by atoms with Gasteiger partial charge in [-0.3, -0.25) is 4.79 Å². The van der Waals surface area contributed by atoms with Crippen LogP contribution in [0.2, 0.25) is 0 Å². The maximum absolute atomic E-state index is 13.5. The molecule has 0 radical (unpaired) electrons. The van der Waals surface area contributed by atoms with E-state index < -0.39 is 5.82 Å². The first-order chi connectivity index (χ1) is 8.56. The minimum atomic E-state index is -0.547. The van der Waals surface area contributed by atoms with Crippen LogP contribution in [0.1, 0.15) is 10.4 Å². The number of amides is 1. The molecule has 0 aliphatic rings. The fraction of sp³-hybridized carbons (Fsp3) is 0. The van der Waals surface area contributed by atoms with Crippen LogP contribution in [-0.4, -0.2) is 5.91 Å². The standard InChI is InChI=1S/C13H10FIN2O/c14-11-7-10(16)4-5-12(11)17-13(18)8-2-1-3-9(15)6-8/h1-7H,16H2,(H,17,18). The molecule has 0 heterocycles. The highest BCUT2D eigenvalue weighted by Crippen LogP contribution is 2.18. The number of hydrogen-bond acceptors (Lipinski definition) is 2. The SMILES string of the molecule is Nc1ccc(NC(=O)c2cccc(I)c2)c(F)c1. The molecule has 0 atom stereocenters. The highest BCUT2D eigenvalue weighted by Gasteiger charge is 2.09. The lowest BCUT2D eigenvalue weighted by molar-refractivity contribution is 0.102. The van der Waals surface area contributed by atoms with Crippen molar-refractivity contribution in [3.05, 3.63) is 57.4 Å². The van der Waals surface area contributed by atoms with Crippen molar-refractivity contribution in [3.8, 4) is 0 Å². The Bertz CT molecular complexity index is 601. The van der Waals surface area contributed by atoms with E-state index in [0.29, 0.717) is 11.3 Å². The summed E-state index contributed by atoms with van der Waals surface area (Å²) >= 11 is 2.11. The van der Waals surface area contributed by atoms with Crippen molar-refractivity contribution in [2.75, 3.05) is 11.1 Å². The van der Waals surface area contributed by atoms with Crippen molar-refractivity contribution in [1.82, 2.24) is 0 Å². The fourth-order valence-electron chi connectivity index (χ4n) is 1.46. The number of rotatable bonds is 2. The van der Waals surface area contributed by atoms with Crippen LogP contribution in [0.15, 0.2) is 42.5 Å². The highest BCUT2D eigenvalue weighted by molar-refractivity contribution is 14.1. The Kier molecular flexibility index (Phi) is 3.81. The predicted octanol–water partition coefficient (Wildman–Crippen LogP) is 3.26. The summed E-state index contributed by atoms with van der Waals surface area (Å²) in [7, 11) is 0. The minimum Gasteiger partial charge on any atom is -0.399 e. The number of nitrogens with two attached hydrogens (primary N) is 1. The third-order valence-electron chi connectivity index (χ3n) is 2.33. The van der Waals surface area contributed by atoms with Crippen molar-refractivity contribution in [1.29, 1.82) is 0 Å². The number of hydrogen-bond donors (Lipinski definition) is 2. The second-order valence-corrected chi connectivity index (χ2v) is 4.95. The molecule has 0 aliphatic carbocycles. The topological polar surface area (TPSA) is 55.1 Å². The Morgan fingerprint density at radius 1 is 1.22 bits per heavy atom. The first-order valence-corrected chi connectivity index (χ1v) is 6.26. The Morgan fingerprint density at radius 2 is 2.00 bits per heavy atom. The van der Waals surface area contributed by atoms with Gasteiger partial charge in [-0.05, 0) is 59.0 Å². The van der Waals surface area contributed by atoms with Gasteiger partial charge in [0, 0.05) is 14.8 Å². The normalized spacial score (nSPS) is 10.1. The Hall–Kier alpha value is -1.63. The smallest absolute Gasteiger partial charge is 0.255 e. The molecule has 0 saturated carbocycles. The van der Waals surface area contributed by atoms with E-state index in [2.05, 4.69) is 27.9 Å². The average Bonchev–Trinajstić information content (AvgIpc) is 2.32. The molecule has 0 saturated heterocycles. The van der Waals surface area contributed by atoms with E-state index in [0.717, 1.165) is 3.57 Å². The minimum absolute atomic E-state index is 0.119. The third-order valence-corrected chi connectivity index (χ3v) is 3.00. The summed E-state index contributed by atoms with van der Waals surface area (Å²) in [5, 5.41) is 2.51. The van der Waals surface area contributed by atoms with Crippen LogP contribution >= 0.6 is 22.6 Å². The maximum atomic E-state index is 13.5. The molecule has 0 fully saturated rings. The van der Waals surface area contributed by atoms with Gasteiger partial charge in [-0.15, -0.1) is 0 Å². The van der Waals surface area contributed by atoms with E-state index in [9.17, 15) is 9.18 Å². The summed E-state index contributed by atoms with van der Waals surface area (Å²) in [6, 6.07) is 11.2. The lowest BCUT2D eigenvalue weighted by Gasteiger charge is -2.07. The van der Waals surface area contributed by atoms with Crippen molar-refractivity contribution < 1.29 is 9.18 Å². The Labute approximate surface area is 117 Å². The van der Waals surface area contributed by atoms with E-state index in [1.54, 1.807) is 18.2 Å². The summed E-state index contributed by atoms with van der Waals surface area (Å²) < 4.78 is 14.5. The van der Waals surface area contributed by atoms with Crippen LogP contribution in [0.4, 0.5) is 15.8 Å². The largest absolute Gasteiger partial charge is 0.399 e. The van der Waals surface area contributed by atoms with Crippen LogP contribution in [-0.2, 0) is 0 Å². The molecule has 5 heteroatoms. The van der Waals surface area contributed by atoms with Crippen molar-refractivity contribution in [2.24, 2.45) is 0 Å². The van der Waals surface area contributed by atoms with Crippen LogP contribution in [0.25, 0.3) is 0 Å². The van der Waals surface area contributed by atoms with E-state index in [1.807, 2.05) is 6.07 Å². The van der Waals surface area contributed by atoms with Gasteiger partial charge >= 0.3 is 0 Å². The van der Waals surface area contributed by atoms with Gasteiger partial charge in [-0.1, -0.05) is 6.07 Å². The molecule has 18 heavy (non-hydrogen) atoms. The molecule has 0 unspecified atom stereocenters. The molecule has 0 bridgehead atoms. The van der Waals surface area contributed by atoms with E-state index in [-0.39, 0.29) is 11.6 Å². The van der Waals surface area contributed by atoms with Gasteiger partial charge in [0.15, 0.2) is 0 Å². The number of nitrogen functional groups attached to an aromatic ring is 1. The molecule has 3 N–H and O–H groups in total. The number of carbonyl (C=O) groups excluding carboxylic acids is 1. The van der Waals surface area contributed by atoms with Crippen LogP contribution in [0.3, 0.4) is 0 Å². The first-order valence-electron chi connectivity index (χ1n) is 5.18. The quantitative estimate of drug-likeness (QED) is 0.641. The van der Waals surface area contributed by atoms with Gasteiger partial charge in [0.1, 0.15) is 5.82 Å².